The highest BCUT2D eigenvalue weighted by Crippen LogP contribution is 2.38. The monoisotopic (exact) mass is 245 g/mol. The van der Waals surface area contributed by atoms with Gasteiger partial charge in [0.1, 0.15) is 0 Å². The molecule has 0 aromatic heterocycles. The lowest BCUT2D eigenvalue weighted by Gasteiger charge is -2.27. The topological polar surface area (TPSA) is 43.1 Å². The van der Waals surface area contributed by atoms with E-state index < -0.39 is 0 Å². The molecule has 0 saturated heterocycles. The van der Waals surface area contributed by atoms with Gasteiger partial charge in [-0.2, -0.15) is 0 Å². The maximum absolute atomic E-state index is 12.3. The third-order valence-corrected chi connectivity index (χ3v) is 4.07. The van der Waals surface area contributed by atoms with Gasteiger partial charge in [0.05, 0.1) is 0 Å². The van der Waals surface area contributed by atoms with Crippen LogP contribution < -0.4 is 5.73 Å². The number of benzene rings is 1. The zero-order valence-electron chi connectivity index (χ0n) is 11.2. The molecule has 0 aliphatic heterocycles. The summed E-state index contributed by atoms with van der Waals surface area (Å²) in [5, 5.41) is 0. The largest absolute Gasteiger partial charge is 0.330 e. The summed E-state index contributed by atoms with van der Waals surface area (Å²) in [6.07, 6.45) is 5.31. The van der Waals surface area contributed by atoms with Crippen LogP contribution in [0.25, 0.3) is 0 Å². The summed E-state index contributed by atoms with van der Waals surface area (Å²) in [5.41, 5.74) is 7.82. The fourth-order valence-corrected chi connectivity index (χ4v) is 2.46. The standard InChI is InChI=1S/C16H23NO/c1-12(11-17)9-10-16(18)15-8-3-2-7-14(15)13-5-4-6-13/h2-3,7-8,12-13H,4-6,9-11,17H2,1H3. The van der Waals surface area contributed by atoms with Crippen molar-refractivity contribution in [3.05, 3.63) is 35.4 Å². The summed E-state index contributed by atoms with van der Waals surface area (Å²) in [5.74, 6) is 1.35. The second kappa shape index (κ2) is 6.14. The van der Waals surface area contributed by atoms with Crippen molar-refractivity contribution >= 4 is 5.78 Å². The zero-order valence-corrected chi connectivity index (χ0v) is 11.2. The summed E-state index contributed by atoms with van der Waals surface area (Å²) >= 11 is 0. The Morgan fingerprint density at radius 1 is 1.39 bits per heavy atom. The minimum absolute atomic E-state index is 0.290. The van der Waals surface area contributed by atoms with Crippen LogP contribution >= 0.6 is 0 Å². The molecule has 2 rings (SSSR count). The highest BCUT2D eigenvalue weighted by molar-refractivity contribution is 5.97. The Bertz CT molecular complexity index is 409. The predicted octanol–water partition coefficient (Wildman–Crippen LogP) is 3.51. The number of ketones is 1. The molecule has 1 atom stereocenters. The zero-order chi connectivity index (χ0) is 13.0. The van der Waals surface area contributed by atoms with Crippen molar-refractivity contribution in [2.24, 2.45) is 11.7 Å². The van der Waals surface area contributed by atoms with Crippen molar-refractivity contribution < 1.29 is 4.79 Å². The van der Waals surface area contributed by atoms with E-state index >= 15 is 0 Å². The first-order valence-electron chi connectivity index (χ1n) is 7.04. The van der Waals surface area contributed by atoms with Crippen molar-refractivity contribution in [3.63, 3.8) is 0 Å². The summed E-state index contributed by atoms with van der Waals surface area (Å²) in [6.45, 7) is 2.77. The molecule has 98 valence electrons. The molecule has 1 fully saturated rings. The van der Waals surface area contributed by atoms with E-state index in [1.165, 1.54) is 24.8 Å². The summed E-state index contributed by atoms with van der Waals surface area (Å²) in [6, 6.07) is 8.14. The van der Waals surface area contributed by atoms with Crippen LogP contribution in [0.2, 0.25) is 0 Å². The second-order valence-electron chi connectivity index (χ2n) is 5.52. The fourth-order valence-electron chi connectivity index (χ4n) is 2.46. The quantitative estimate of drug-likeness (QED) is 0.779. The molecular weight excluding hydrogens is 222 g/mol. The Hall–Kier alpha value is -1.15. The first kappa shape index (κ1) is 13.3. The molecule has 1 aromatic carbocycles. The van der Waals surface area contributed by atoms with E-state index in [1.807, 2.05) is 18.2 Å². The average Bonchev–Trinajstić information content (AvgIpc) is 2.34. The highest BCUT2D eigenvalue weighted by Gasteiger charge is 2.23. The number of carbonyl (C=O) groups is 1. The van der Waals surface area contributed by atoms with Crippen LogP contribution in [0.15, 0.2) is 24.3 Å². The fraction of sp³-hybridized carbons (Fsp3) is 0.562. The molecule has 2 heteroatoms. The van der Waals surface area contributed by atoms with Gasteiger partial charge in [-0.1, -0.05) is 37.6 Å². The summed E-state index contributed by atoms with van der Waals surface area (Å²) in [4.78, 5) is 12.3. The van der Waals surface area contributed by atoms with E-state index in [-0.39, 0.29) is 5.78 Å². The molecule has 0 bridgehead atoms. The molecule has 0 amide bonds. The molecule has 2 nitrogen and oxygen atoms in total. The normalized spacial score (nSPS) is 17.2. The molecule has 1 saturated carbocycles. The molecule has 18 heavy (non-hydrogen) atoms. The Kier molecular flexibility index (Phi) is 4.54. The molecule has 0 heterocycles. The summed E-state index contributed by atoms with van der Waals surface area (Å²) < 4.78 is 0. The van der Waals surface area contributed by atoms with E-state index in [0.29, 0.717) is 24.8 Å². The van der Waals surface area contributed by atoms with E-state index in [4.69, 9.17) is 5.73 Å². The van der Waals surface area contributed by atoms with Crippen molar-refractivity contribution in [1.82, 2.24) is 0 Å². The van der Waals surface area contributed by atoms with Gasteiger partial charge in [-0.25, -0.2) is 0 Å². The number of nitrogens with two attached hydrogens (primary N) is 1. The summed E-state index contributed by atoms with van der Waals surface area (Å²) in [7, 11) is 0. The van der Waals surface area contributed by atoms with Crippen LogP contribution in [0.3, 0.4) is 0 Å². The van der Waals surface area contributed by atoms with Crippen LogP contribution in [0, 0.1) is 5.92 Å². The van der Waals surface area contributed by atoms with Crippen LogP contribution in [0.5, 0.6) is 0 Å². The van der Waals surface area contributed by atoms with Crippen LogP contribution in [0.4, 0.5) is 0 Å². The van der Waals surface area contributed by atoms with Gasteiger partial charge in [-0.05, 0) is 43.2 Å². The lowest BCUT2D eigenvalue weighted by atomic mass is 9.77. The molecular formula is C16H23NO. The lowest BCUT2D eigenvalue weighted by Crippen LogP contribution is -2.16. The first-order valence-corrected chi connectivity index (χ1v) is 7.04. The van der Waals surface area contributed by atoms with Crippen molar-refractivity contribution in [2.75, 3.05) is 6.54 Å². The molecule has 1 unspecified atom stereocenters. The van der Waals surface area contributed by atoms with Gasteiger partial charge >= 0.3 is 0 Å². The Balaban J connectivity index is 2.05. The van der Waals surface area contributed by atoms with E-state index in [9.17, 15) is 4.79 Å². The van der Waals surface area contributed by atoms with Crippen molar-refractivity contribution in [1.29, 1.82) is 0 Å². The molecule has 2 N–H and O–H groups in total. The Morgan fingerprint density at radius 2 is 2.11 bits per heavy atom. The van der Waals surface area contributed by atoms with E-state index in [2.05, 4.69) is 13.0 Å². The maximum Gasteiger partial charge on any atom is 0.163 e. The van der Waals surface area contributed by atoms with E-state index in [0.717, 1.165) is 12.0 Å². The lowest BCUT2D eigenvalue weighted by molar-refractivity contribution is 0.0973. The number of hydrogen-bond acceptors (Lipinski definition) is 2. The number of carbonyl (C=O) groups excluding carboxylic acids is 1. The van der Waals surface area contributed by atoms with Gasteiger partial charge in [-0.3, -0.25) is 4.79 Å². The first-order chi connectivity index (χ1) is 8.72. The average molecular weight is 245 g/mol. The van der Waals surface area contributed by atoms with Crippen LogP contribution in [-0.2, 0) is 0 Å². The van der Waals surface area contributed by atoms with Gasteiger partial charge in [0.2, 0.25) is 0 Å². The number of hydrogen-bond donors (Lipinski definition) is 1. The SMILES string of the molecule is CC(CN)CCC(=O)c1ccccc1C1CCC1. The molecule has 1 aliphatic rings. The molecule has 1 aromatic rings. The van der Waals surface area contributed by atoms with Gasteiger partial charge in [0.15, 0.2) is 5.78 Å². The van der Waals surface area contributed by atoms with Gasteiger partial charge in [0, 0.05) is 12.0 Å². The molecule has 1 aliphatic carbocycles. The second-order valence-corrected chi connectivity index (χ2v) is 5.52. The Morgan fingerprint density at radius 3 is 2.72 bits per heavy atom. The minimum Gasteiger partial charge on any atom is -0.330 e. The van der Waals surface area contributed by atoms with Crippen LogP contribution in [-0.4, -0.2) is 12.3 Å². The number of rotatable bonds is 6. The Labute approximate surface area is 110 Å². The van der Waals surface area contributed by atoms with Crippen molar-refractivity contribution in [3.8, 4) is 0 Å². The van der Waals surface area contributed by atoms with Gasteiger partial charge < -0.3 is 5.73 Å². The van der Waals surface area contributed by atoms with Crippen LogP contribution in [0.1, 0.15) is 60.9 Å². The van der Waals surface area contributed by atoms with Gasteiger partial charge in [0.25, 0.3) is 0 Å². The smallest absolute Gasteiger partial charge is 0.163 e. The molecule has 0 spiro atoms. The third kappa shape index (κ3) is 2.99. The van der Waals surface area contributed by atoms with Crippen molar-refractivity contribution in [2.45, 2.75) is 44.9 Å². The number of Topliss-reactive ketones (excluding diaryl/α,β-unsaturated/α-hetero) is 1. The predicted molar refractivity (Wildman–Crippen MR) is 74.8 cm³/mol. The molecule has 0 radical (unpaired) electrons. The van der Waals surface area contributed by atoms with Gasteiger partial charge in [-0.15, -0.1) is 0 Å². The third-order valence-electron chi connectivity index (χ3n) is 4.07. The maximum atomic E-state index is 12.3. The minimum atomic E-state index is 0.290. The highest BCUT2D eigenvalue weighted by atomic mass is 16.1. The van der Waals surface area contributed by atoms with E-state index in [1.54, 1.807) is 0 Å².